The van der Waals surface area contributed by atoms with E-state index >= 15 is 0 Å². The van der Waals surface area contributed by atoms with Crippen molar-refractivity contribution in [1.29, 1.82) is 0 Å². The highest BCUT2D eigenvalue weighted by Crippen LogP contribution is 2.28. The van der Waals surface area contributed by atoms with Crippen LogP contribution in [-0.4, -0.2) is 18.1 Å². The molecule has 3 rings (SSSR count). The Bertz CT molecular complexity index is 482. The van der Waals surface area contributed by atoms with Crippen LogP contribution in [0.4, 0.5) is 0 Å². The van der Waals surface area contributed by atoms with Crippen LogP contribution < -0.4 is 5.32 Å². The van der Waals surface area contributed by atoms with Crippen molar-refractivity contribution in [3.63, 3.8) is 0 Å². The number of benzene rings is 1. The smallest absolute Gasteiger partial charge is 0.0704 e. The van der Waals surface area contributed by atoms with Crippen molar-refractivity contribution >= 4 is 10.9 Å². The maximum atomic E-state index is 4.42. The molecule has 1 N–H and O–H groups in total. The molecule has 0 spiro atoms. The summed E-state index contributed by atoms with van der Waals surface area (Å²) in [6.07, 6.45) is 4.51. The van der Waals surface area contributed by atoms with Crippen molar-refractivity contribution in [2.24, 2.45) is 0 Å². The molecule has 0 amide bonds. The van der Waals surface area contributed by atoms with Gasteiger partial charge in [0.05, 0.1) is 5.52 Å². The van der Waals surface area contributed by atoms with Crippen LogP contribution in [0.5, 0.6) is 0 Å². The van der Waals surface area contributed by atoms with Crippen molar-refractivity contribution in [2.75, 3.05) is 13.1 Å². The van der Waals surface area contributed by atoms with Crippen molar-refractivity contribution in [2.45, 2.75) is 18.8 Å². The molecule has 2 heterocycles. The number of hydrogen-bond donors (Lipinski definition) is 1. The first kappa shape index (κ1) is 9.79. The topological polar surface area (TPSA) is 24.9 Å². The Morgan fingerprint density at radius 1 is 1.19 bits per heavy atom. The fraction of sp³-hybridized carbons (Fsp3) is 0.357. The molecule has 1 aliphatic rings. The molecule has 2 nitrogen and oxygen atoms in total. The third-order valence-corrected chi connectivity index (χ3v) is 3.42. The van der Waals surface area contributed by atoms with Crippen LogP contribution in [0.15, 0.2) is 36.5 Å². The van der Waals surface area contributed by atoms with Crippen LogP contribution in [0.2, 0.25) is 0 Å². The van der Waals surface area contributed by atoms with Gasteiger partial charge in [0.1, 0.15) is 0 Å². The molecule has 1 unspecified atom stereocenters. The molecule has 0 bridgehead atoms. The molecule has 1 saturated heterocycles. The minimum Gasteiger partial charge on any atom is -0.316 e. The molecule has 16 heavy (non-hydrogen) atoms. The molecule has 1 fully saturated rings. The highest BCUT2D eigenvalue weighted by atomic mass is 14.9. The van der Waals surface area contributed by atoms with Crippen LogP contribution in [0.3, 0.4) is 0 Å². The SMILES string of the molecule is c1ccc2c(C3CCCNC3)ccnc2c1. The van der Waals surface area contributed by atoms with Gasteiger partial charge in [0, 0.05) is 18.1 Å². The highest BCUT2D eigenvalue weighted by molar-refractivity contribution is 5.82. The van der Waals surface area contributed by atoms with Gasteiger partial charge < -0.3 is 5.32 Å². The normalized spacial score (nSPS) is 21.1. The lowest BCUT2D eigenvalue weighted by Crippen LogP contribution is -2.28. The summed E-state index contributed by atoms with van der Waals surface area (Å²) in [5.74, 6) is 0.654. The molecule has 1 aromatic carbocycles. The molecule has 2 aromatic rings. The van der Waals surface area contributed by atoms with Gasteiger partial charge in [0.2, 0.25) is 0 Å². The zero-order chi connectivity index (χ0) is 10.8. The monoisotopic (exact) mass is 212 g/mol. The third kappa shape index (κ3) is 1.69. The zero-order valence-electron chi connectivity index (χ0n) is 9.32. The molecule has 0 radical (unpaired) electrons. The minimum absolute atomic E-state index is 0.654. The van der Waals surface area contributed by atoms with E-state index in [0.29, 0.717) is 5.92 Å². The van der Waals surface area contributed by atoms with Gasteiger partial charge in [-0.15, -0.1) is 0 Å². The van der Waals surface area contributed by atoms with Gasteiger partial charge >= 0.3 is 0 Å². The summed E-state index contributed by atoms with van der Waals surface area (Å²) in [4.78, 5) is 4.42. The fourth-order valence-corrected chi connectivity index (χ4v) is 2.59. The van der Waals surface area contributed by atoms with E-state index in [1.165, 1.54) is 30.3 Å². The lowest BCUT2D eigenvalue weighted by Gasteiger charge is -2.24. The van der Waals surface area contributed by atoms with Gasteiger partial charge in [-0.2, -0.15) is 0 Å². The lowest BCUT2D eigenvalue weighted by atomic mass is 9.89. The first-order chi connectivity index (χ1) is 7.95. The maximum absolute atomic E-state index is 4.42. The van der Waals surface area contributed by atoms with Crippen molar-refractivity contribution in [1.82, 2.24) is 10.3 Å². The Hall–Kier alpha value is -1.41. The lowest BCUT2D eigenvalue weighted by molar-refractivity contribution is 0.463. The summed E-state index contributed by atoms with van der Waals surface area (Å²) in [5.41, 5.74) is 2.57. The number of nitrogens with zero attached hydrogens (tertiary/aromatic N) is 1. The molecule has 1 aromatic heterocycles. The minimum atomic E-state index is 0.654. The van der Waals surface area contributed by atoms with Gasteiger partial charge in [-0.1, -0.05) is 18.2 Å². The van der Waals surface area contributed by atoms with Gasteiger partial charge in [-0.3, -0.25) is 4.98 Å². The molecule has 1 atom stereocenters. The molecular weight excluding hydrogens is 196 g/mol. The number of aromatic nitrogens is 1. The molecule has 2 heteroatoms. The average molecular weight is 212 g/mol. The van der Waals surface area contributed by atoms with Crippen LogP contribution in [0.25, 0.3) is 10.9 Å². The summed E-state index contributed by atoms with van der Waals surface area (Å²) in [5, 5.41) is 4.80. The summed E-state index contributed by atoms with van der Waals surface area (Å²) in [6, 6.07) is 10.6. The Morgan fingerprint density at radius 2 is 2.12 bits per heavy atom. The molecule has 1 aliphatic heterocycles. The number of nitrogens with one attached hydrogen (secondary N) is 1. The predicted molar refractivity (Wildman–Crippen MR) is 66.6 cm³/mol. The first-order valence-electron chi connectivity index (χ1n) is 5.99. The van der Waals surface area contributed by atoms with Crippen molar-refractivity contribution in [3.8, 4) is 0 Å². The Labute approximate surface area is 95.7 Å². The van der Waals surface area contributed by atoms with Gasteiger partial charge in [-0.05, 0) is 43.0 Å². The second kappa shape index (κ2) is 4.22. The number of para-hydroxylation sites is 1. The second-order valence-corrected chi connectivity index (χ2v) is 4.46. The largest absolute Gasteiger partial charge is 0.316 e. The molecule has 0 saturated carbocycles. The Kier molecular flexibility index (Phi) is 2.58. The summed E-state index contributed by atoms with van der Waals surface area (Å²) < 4.78 is 0. The number of pyridine rings is 1. The van der Waals surface area contributed by atoms with E-state index in [4.69, 9.17) is 0 Å². The number of fused-ring (bicyclic) bond motifs is 1. The standard InChI is InChI=1S/C14H16N2/c1-2-6-14-13(5-1)12(7-9-16-14)11-4-3-8-15-10-11/h1-2,5-7,9,11,15H,3-4,8,10H2. The van der Waals surface area contributed by atoms with Crippen molar-refractivity contribution in [3.05, 3.63) is 42.1 Å². The number of hydrogen-bond acceptors (Lipinski definition) is 2. The van der Waals surface area contributed by atoms with E-state index in [-0.39, 0.29) is 0 Å². The summed E-state index contributed by atoms with van der Waals surface area (Å²) in [6.45, 7) is 2.27. The van der Waals surface area contributed by atoms with Crippen LogP contribution >= 0.6 is 0 Å². The van der Waals surface area contributed by atoms with E-state index in [9.17, 15) is 0 Å². The van der Waals surface area contributed by atoms with E-state index in [1.807, 2.05) is 6.20 Å². The number of piperidine rings is 1. The van der Waals surface area contributed by atoms with E-state index in [0.717, 1.165) is 12.1 Å². The number of rotatable bonds is 1. The fourth-order valence-electron chi connectivity index (χ4n) is 2.59. The molecular formula is C14H16N2. The van der Waals surface area contributed by atoms with Crippen LogP contribution in [0.1, 0.15) is 24.3 Å². The average Bonchev–Trinajstić information content (AvgIpc) is 2.39. The highest BCUT2D eigenvalue weighted by Gasteiger charge is 2.16. The van der Waals surface area contributed by atoms with Crippen LogP contribution in [0, 0.1) is 0 Å². The summed E-state index contributed by atoms with van der Waals surface area (Å²) in [7, 11) is 0. The van der Waals surface area contributed by atoms with Gasteiger partial charge in [0.15, 0.2) is 0 Å². The zero-order valence-corrected chi connectivity index (χ0v) is 9.32. The predicted octanol–water partition coefficient (Wildman–Crippen LogP) is 2.70. The Morgan fingerprint density at radius 3 is 3.00 bits per heavy atom. The van der Waals surface area contributed by atoms with Crippen LogP contribution in [-0.2, 0) is 0 Å². The Balaban J connectivity index is 2.08. The van der Waals surface area contributed by atoms with Crippen molar-refractivity contribution < 1.29 is 0 Å². The maximum Gasteiger partial charge on any atom is 0.0704 e. The van der Waals surface area contributed by atoms with E-state index in [2.05, 4.69) is 40.6 Å². The van der Waals surface area contributed by atoms with E-state index in [1.54, 1.807) is 0 Å². The second-order valence-electron chi connectivity index (χ2n) is 4.46. The third-order valence-electron chi connectivity index (χ3n) is 3.42. The molecule has 0 aliphatic carbocycles. The molecule has 82 valence electrons. The first-order valence-corrected chi connectivity index (χ1v) is 5.99. The quantitative estimate of drug-likeness (QED) is 0.786. The van der Waals surface area contributed by atoms with E-state index < -0.39 is 0 Å². The van der Waals surface area contributed by atoms with Gasteiger partial charge in [0.25, 0.3) is 0 Å². The van der Waals surface area contributed by atoms with Gasteiger partial charge in [-0.25, -0.2) is 0 Å². The summed E-state index contributed by atoms with van der Waals surface area (Å²) >= 11 is 0.